The van der Waals surface area contributed by atoms with E-state index in [4.69, 9.17) is 5.73 Å². The molecule has 0 saturated carbocycles. The first-order valence-electron chi connectivity index (χ1n) is 6.05. The topological polar surface area (TPSA) is 75.4 Å². The summed E-state index contributed by atoms with van der Waals surface area (Å²) in [5, 5.41) is 0. The summed E-state index contributed by atoms with van der Waals surface area (Å²) >= 11 is 0. The number of nitrogens with two attached hydrogens (primary N) is 1. The summed E-state index contributed by atoms with van der Waals surface area (Å²) in [6, 6.07) is 3.56. The molecule has 5 nitrogen and oxygen atoms in total. The maximum Gasteiger partial charge on any atom is 0.301 e. The van der Waals surface area contributed by atoms with Gasteiger partial charge in [0.2, 0.25) is 0 Å². The number of hydrogen-bond donors (Lipinski definition) is 2. The van der Waals surface area contributed by atoms with E-state index in [1.54, 1.807) is 6.07 Å². The van der Waals surface area contributed by atoms with Crippen LogP contribution in [0.25, 0.3) is 0 Å². The predicted molar refractivity (Wildman–Crippen MR) is 73.7 cm³/mol. The first-order chi connectivity index (χ1) is 8.40. The molecule has 3 N–H and O–H groups in total. The Hall–Kier alpha value is -1.27. The van der Waals surface area contributed by atoms with Crippen molar-refractivity contribution in [1.29, 1.82) is 0 Å². The summed E-state index contributed by atoms with van der Waals surface area (Å²) in [5.74, 6) is 0. The number of anilines is 2. The second-order valence-corrected chi connectivity index (χ2v) is 6.41. The van der Waals surface area contributed by atoms with E-state index in [2.05, 4.69) is 4.72 Å². The van der Waals surface area contributed by atoms with Gasteiger partial charge in [-0.15, -0.1) is 0 Å². The van der Waals surface area contributed by atoms with Crippen LogP contribution in [-0.2, 0) is 10.2 Å². The highest BCUT2D eigenvalue weighted by Crippen LogP contribution is 2.24. The number of hydrogen-bond acceptors (Lipinski definition) is 3. The van der Waals surface area contributed by atoms with Gasteiger partial charge in [0.25, 0.3) is 0 Å². The van der Waals surface area contributed by atoms with Crippen molar-refractivity contribution in [3.05, 3.63) is 23.3 Å². The fourth-order valence-corrected chi connectivity index (χ4v) is 3.48. The second-order valence-electron chi connectivity index (χ2n) is 4.74. The zero-order chi connectivity index (χ0) is 13.3. The van der Waals surface area contributed by atoms with Crippen molar-refractivity contribution in [2.24, 2.45) is 0 Å². The molecule has 0 unspecified atom stereocenters. The Morgan fingerprint density at radius 2 is 1.78 bits per heavy atom. The van der Waals surface area contributed by atoms with Crippen LogP contribution in [-0.4, -0.2) is 25.8 Å². The maximum absolute atomic E-state index is 12.1. The van der Waals surface area contributed by atoms with E-state index in [0.717, 1.165) is 24.0 Å². The fraction of sp³-hybridized carbons (Fsp3) is 0.500. The van der Waals surface area contributed by atoms with E-state index >= 15 is 0 Å². The second kappa shape index (κ2) is 4.78. The molecule has 1 aromatic rings. The van der Waals surface area contributed by atoms with Crippen LogP contribution in [0.3, 0.4) is 0 Å². The molecule has 0 spiro atoms. The molecule has 0 amide bonds. The number of nitrogens with zero attached hydrogens (tertiary/aromatic N) is 1. The van der Waals surface area contributed by atoms with Crippen molar-refractivity contribution in [3.63, 3.8) is 0 Å². The number of benzene rings is 1. The lowest BCUT2D eigenvalue weighted by Crippen LogP contribution is -2.33. The molecule has 100 valence electrons. The molecule has 1 heterocycles. The third-order valence-corrected chi connectivity index (χ3v) is 4.78. The van der Waals surface area contributed by atoms with E-state index in [1.165, 1.54) is 4.31 Å². The van der Waals surface area contributed by atoms with Crippen molar-refractivity contribution in [2.45, 2.75) is 26.7 Å². The summed E-state index contributed by atoms with van der Waals surface area (Å²) in [5.41, 5.74) is 8.80. The van der Waals surface area contributed by atoms with E-state index in [9.17, 15) is 8.42 Å². The van der Waals surface area contributed by atoms with Gasteiger partial charge in [-0.3, -0.25) is 4.72 Å². The van der Waals surface area contributed by atoms with Crippen molar-refractivity contribution in [3.8, 4) is 0 Å². The van der Waals surface area contributed by atoms with E-state index in [1.807, 2.05) is 19.9 Å². The largest absolute Gasteiger partial charge is 0.398 e. The SMILES string of the molecule is Cc1cc(C)c(NS(=O)(=O)N2CCCC2)cc1N. The maximum atomic E-state index is 12.1. The van der Waals surface area contributed by atoms with E-state index in [-0.39, 0.29) is 0 Å². The van der Waals surface area contributed by atoms with Crippen LogP contribution in [0.2, 0.25) is 0 Å². The minimum Gasteiger partial charge on any atom is -0.398 e. The Bertz CT molecular complexity index is 549. The smallest absolute Gasteiger partial charge is 0.301 e. The Balaban J connectivity index is 2.26. The molecule has 0 bridgehead atoms. The van der Waals surface area contributed by atoms with Crippen molar-refractivity contribution < 1.29 is 8.42 Å². The normalized spacial score (nSPS) is 17.0. The zero-order valence-corrected chi connectivity index (χ0v) is 11.5. The van der Waals surface area contributed by atoms with Gasteiger partial charge in [-0.2, -0.15) is 12.7 Å². The standard InChI is InChI=1S/C12H19N3O2S/c1-9-7-10(2)12(8-11(9)13)14-18(16,17)15-5-3-4-6-15/h7-8,14H,3-6,13H2,1-2H3. The van der Waals surface area contributed by atoms with Gasteiger partial charge in [0.15, 0.2) is 0 Å². The number of nitrogens with one attached hydrogen (secondary N) is 1. The molecule has 0 atom stereocenters. The number of aryl methyl sites for hydroxylation is 2. The first-order valence-corrected chi connectivity index (χ1v) is 7.49. The quantitative estimate of drug-likeness (QED) is 0.819. The van der Waals surface area contributed by atoms with Crippen molar-refractivity contribution in [1.82, 2.24) is 4.31 Å². The predicted octanol–water partition coefficient (Wildman–Crippen LogP) is 1.64. The Morgan fingerprint density at radius 3 is 2.39 bits per heavy atom. The molecule has 1 fully saturated rings. The molecule has 0 aliphatic carbocycles. The summed E-state index contributed by atoms with van der Waals surface area (Å²) in [4.78, 5) is 0. The Kier molecular flexibility index (Phi) is 3.49. The zero-order valence-electron chi connectivity index (χ0n) is 10.7. The third-order valence-electron chi connectivity index (χ3n) is 3.26. The summed E-state index contributed by atoms with van der Waals surface area (Å²) in [6.45, 7) is 4.96. The molecule has 1 aromatic carbocycles. The first kappa shape index (κ1) is 13.2. The van der Waals surface area contributed by atoms with Crippen LogP contribution in [0, 0.1) is 13.8 Å². The lowest BCUT2D eigenvalue weighted by molar-refractivity contribution is 0.482. The highest BCUT2D eigenvalue weighted by atomic mass is 32.2. The third kappa shape index (κ3) is 2.59. The lowest BCUT2D eigenvalue weighted by atomic mass is 10.1. The minimum atomic E-state index is -3.44. The van der Waals surface area contributed by atoms with Crippen LogP contribution in [0.4, 0.5) is 11.4 Å². The molecule has 0 aromatic heterocycles. The number of nitrogen functional groups attached to an aromatic ring is 1. The van der Waals surface area contributed by atoms with Gasteiger partial charge < -0.3 is 5.73 Å². The van der Waals surface area contributed by atoms with Gasteiger partial charge in [-0.25, -0.2) is 0 Å². The molecule has 6 heteroatoms. The lowest BCUT2D eigenvalue weighted by Gasteiger charge is -2.18. The molecular weight excluding hydrogens is 250 g/mol. The van der Waals surface area contributed by atoms with Crippen LogP contribution in [0.1, 0.15) is 24.0 Å². The highest BCUT2D eigenvalue weighted by molar-refractivity contribution is 7.90. The van der Waals surface area contributed by atoms with Gasteiger partial charge in [-0.05, 0) is 43.9 Å². The summed E-state index contributed by atoms with van der Waals surface area (Å²) < 4.78 is 28.3. The van der Waals surface area contributed by atoms with E-state index in [0.29, 0.717) is 24.5 Å². The molecule has 1 aliphatic heterocycles. The highest BCUT2D eigenvalue weighted by Gasteiger charge is 2.25. The van der Waals surface area contributed by atoms with Gasteiger partial charge in [0, 0.05) is 18.8 Å². The van der Waals surface area contributed by atoms with Crippen LogP contribution in [0.5, 0.6) is 0 Å². The minimum absolute atomic E-state index is 0.560. The van der Waals surface area contributed by atoms with E-state index < -0.39 is 10.2 Å². The van der Waals surface area contributed by atoms with Crippen LogP contribution in [0.15, 0.2) is 12.1 Å². The Labute approximate surface area is 108 Å². The molecule has 2 rings (SSSR count). The molecule has 18 heavy (non-hydrogen) atoms. The van der Waals surface area contributed by atoms with Crippen molar-refractivity contribution in [2.75, 3.05) is 23.5 Å². The monoisotopic (exact) mass is 269 g/mol. The number of rotatable bonds is 3. The average molecular weight is 269 g/mol. The van der Waals surface area contributed by atoms with Crippen LogP contribution >= 0.6 is 0 Å². The summed E-state index contributed by atoms with van der Waals surface area (Å²) in [6.07, 6.45) is 1.85. The van der Waals surface area contributed by atoms with Gasteiger partial charge >= 0.3 is 10.2 Å². The van der Waals surface area contributed by atoms with Crippen LogP contribution < -0.4 is 10.5 Å². The molecule has 1 aliphatic rings. The Morgan fingerprint density at radius 1 is 1.17 bits per heavy atom. The average Bonchev–Trinajstić information content (AvgIpc) is 2.79. The van der Waals surface area contributed by atoms with Gasteiger partial charge in [0.05, 0.1) is 5.69 Å². The fourth-order valence-electron chi connectivity index (χ4n) is 2.11. The summed E-state index contributed by atoms with van der Waals surface area (Å²) in [7, 11) is -3.44. The van der Waals surface area contributed by atoms with Gasteiger partial charge in [-0.1, -0.05) is 6.07 Å². The van der Waals surface area contributed by atoms with Crippen molar-refractivity contribution >= 4 is 21.6 Å². The van der Waals surface area contributed by atoms with Gasteiger partial charge in [0.1, 0.15) is 0 Å². The molecule has 0 radical (unpaired) electrons. The molecule has 1 saturated heterocycles. The molecular formula is C12H19N3O2S.